The van der Waals surface area contributed by atoms with Crippen molar-refractivity contribution in [3.63, 3.8) is 0 Å². The molecule has 4 heteroatoms. The van der Waals surface area contributed by atoms with Gasteiger partial charge in [-0.25, -0.2) is 4.39 Å². The number of hydrogen-bond donors (Lipinski definition) is 0. The predicted molar refractivity (Wildman–Crippen MR) is 74.6 cm³/mol. The summed E-state index contributed by atoms with van der Waals surface area (Å²) in [6, 6.07) is 5.88. The molecule has 2 aliphatic rings. The number of fused-ring (bicyclic) bond motifs is 2. The number of carbonyl (C=O) groups is 1. The molecule has 2 bridgehead atoms. The number of rotatable bonds is 4. The second-order valence-electron chi connectivity index (χ2n) is 5.70. The van der Waals surface area contributed by atoms with E-state index in [0.717, 1.165) is 19.4 Å². The second kappa shape index (κ2) is 5.52. The molecule has 2 heterocycles. The average molecular weight is 277 g/mol. The molecular weight excluding hydrogens is 257 g/mol. The van der Waals surface area contributed by atoms with Crippen LogP contribution in [-0.2, 0) is 0 Å². The van der Waals surface area contributed by atoms with Gasteiger partial charge in [-0.3, -0.25) is 9.69 Å². The third-order valence-electron chi connectivity index (χ3n) is 4.62. The molecule has 2 fully saturated rings. The van der Waals surface area contributed by atoms with Gasteiger partial charge in [0, 0.05) is 12.1 Å². The maximum Gasteiger partial charge on any atom is 0.175 e. The minimum absolute atomic E-state index is 0.0618. The fourth-order valence-corrected chi connectivity index (χ4v) is 3.73. The van der Waals surface area contributed by atoms with Crippen LogP contribution in [0.25, 0.3) is 0 Å². The van der Waals surface area contributed by atoms with Crippen molar-refractivity contribution in [1.82, 2.24) is 4.90 Å². The Morgan fingerprint density at radius 3 is 2.65 bits per heavy atom. The predicted octanol–water partition coefficient (Wildman–Crippen LogP) is 3.03. The van der Waals surface area contributed by atoms with Crippen LogP contribution in [0.4, 0.5) is 4.39 Å². The van der Waals surface area contributed by atoms with Gasteiger partial charge in [0.1, 0.15) is 6.10 Å². The van der Waals surface area contributed by atoms with Gasteiger partial charge < -0.3 is 4.74 Å². The van der Waals surface area contributed by atoms with E-state index < -0.39 is 5.82 Å². The fraction of sp³-hybridized carbons (Fsp3) is 0.562. The molecule has 0 amide bonds. The summed E-state index contributed by atoms with van der Waals surface area (Å²) in [7, 11) is 0. The molecule has 0 saturated carbocycles. The van der Waals surface area contributed by atoms with Crippen molar-refractivity contribution >= 4 is 6.29 Å². The normalized spacial score (nSPS) is 29.4. The zero-order valence-electron chi connectivity index (χ0n) is 11.7. The molecule has 0 aromatic heterocycles. The van der Waals surface area contributed by atoms with Gasteiger partial charge in [0.15, 0.2) is 17.9 Å². The van der Waals surface area contributed by atoms with Crippen LogP contribution in [0, 0.1) is 5.82 Å². The SMILES string of the molecule is CCN1[C@@H]2CC[C@H]1CC(Oc1cccc(C=O)c1F)C2. The van der Waals surface area contributed by atoms with Crippen molar-refractivity contribution in [2.75, 3.05) is 6.54 Å². The highest BCUT2D eigenvalue weighted by Gasteiger charge is 2.40. The quantitative estimate of drug-likeness (QED) is 0.792. The van der Waals surface area contributed by atoms with E-state index in [9.17, 15) is 9.18 Å². The van der Waals surface area contributed by atoms with Gasteiger partial charge in [-0.2, -0.15) is 0 Å². The number of aldehydes is 1. The fourth-order valence-electron chi connectivity index (χ4n) is 3.73. The van der Waals surface area contributed by atoms with Gasteiger partial charge in [0.05, 0.1) is 5.56 Å². The second-order valence-corrected chi connectivity index (χ2v) is 5.70. The molecule has 2 aliphatic heterocycles. The molecule has 108 valence electrons. The molecule has 3 nitrogen and oxygen atoms in total. The first-order chi connectivity index (χ1) is 9.72. The Hall–Kier alpha value is -1.42. The van der Waals surface area contributed by atoms with Crippen LogP contribution >= 0.6 is 0 Å². The summed E-state index contributed by atoms with van der Waals surface area (Å²) in [6.07, 6.45) is 4.94. The number of ether oxygens (including phenoxy) is 1. The molecule has 1 unspecified atom stereocenters. The first-order valence-electron chi connectivity index (χ1n) is 7.39. The zero-order chi connectivity index (χ0) is 14.1. The van der Waals surface area contributed by atoms with Gasteiger partial charge in [-0.1, -0.05) is 13.0 Å². The number of halogens is 1. The number of nitrogens with zero attached hydrogens (tertiary/aromatic N) is 1. The van der Waals surface area contributed by atoms with Crippen molar-refractivity contribution < 1.29 is 13.9 Å². The number of piperidine rings is 1. The highest BCUT2D eigenvalue weighted by molar-refractivity contribution is 5.76. The average Bonchev–Trinajstić information content (AvgIpc) is 2.71. The first kappa shape index (κ1) is 13.6. The Balaban J connectivity index is 1.72. The molecule has 3 rings (SSSR count). The van der Waals surface area contributed by atoms with E-state index >= 15 is 0 Å². The summed E-state index contributed by atoms with van der Waals surface area (Å²) < 4.78 is 19.9. The lowest BCUT2D eigenvalue weighted by Gasteiger charge is -2.38. The highest BCUT2D eigenvalue weighted by atomic mass is 19.1. The number of carbonyl (C=O) groups excluding carboxylic acids is 1. The summed E-state index contributed by atoms with van der Waals surface area (Å²) in [5.41, 5.74) is 0.0662. The van der Waals surface area contributed by atoms with Crippen LogP contribution in [0.15, 0.2) is 18.2 Å². The lowest BCUT2D eigenvalue weighted by atomic mass is 9.99. The van der Waals surface area contributed by atoms with Crippen LogP contribution in [0.1, 0.15) is 43.0 Å². The van der Waals surface area contributed by atoms with Gasteiger partial charge in [-0.15, -0.1) is 0 Å². The van der Waals surface area contributed by atoms with Crippen molar-refractivity contribution in [3.05, 3.63) is 29.6 Å². The maximum absolute atomic E-state index is 14.0. The molecule has 0 aliphatic carbocycles. The topological polar surface area (TPSA) is 29.5 Å². The van der Waals surface area contributed by atoms with E-state index in [0.29, 0.717) is 18.4 Å². The lowest BCUT2D eigenvalue weighted by Crippen LogP contribution is -2.46. The van der Waals surface area contributed by atoms with Crippen LogP contribution in [0.2, 0.25) is 0 Å². The Labute approximate surface area is 118 Å². The van der Waals surface area contributed by atoms with Crippen molar-refractivity contribution in [3.8, 4) is 5.75 Å². The van der Waals surface area contributed by atoms with E-state index in [1.807, 2.05) is 0 Å². The summed E-state index contributed by atoms with van der Waals surface area (Å²) in [4.78, 5) is 13.3. The standard InChI is InChI=1S/C16H20FNO2/c1-2-18-12-6-7-13(18)9-14(8-12)20-15-5-3-4-11(10-19)16(15)17/h3-5,10,12-14H,2,6-9H2,1H3/t12-,13+,14?. The smallest absolute Gasteiger partial charge is 0.175 e. The van der Waals surface area contributed by atoms with Crippen molar-refractivity contribution in [1.29, 1.82) is 0 Å². The van der Waals surface area contributed by atoms with Gasteiger partial charge >= 0.3 is 0 Å². The summed E-state index contributed by atoms with van der Waals surface area (Å²) >= 11 is 0. The van der Waals surface area contributed by atoms with Crippen LogP contribution < -0.4 is 4.74 Å². The highest BCUT2D eigenvalue weighted by Crippen LogP contribution is 2.37. The van der Waals surface area contributed by atoms with Gasteiger partial charge in [-0.05, 0) is 44.4 Å². The number of hydrogen-bond acceptors (Lipinski definition) is 3. The molecule has 3 atom stereocenters. The third kappa shape index (κ3) is 2.33. The molecule has 20 heavy (non-hydrogen) atoms. The Morgan fingerprint density at radius 1 is 1.35 bits per heavy atom. The Bertz CT molecular complexity index is 491. The van der Waals surface area contributed by atoms with E-state index in [4.69, 9.17) is 4.74 Å². The van der Waals surface area contributed by atoms with E-state index in [1.165, 1.54) is 18.9 Å². The van der Waals surface area contributed by atoms with Crippen molar-refractivity contribution in [2.45, 2.75) is 50.8 Å². The summed E-state index contributed by atoms with van der Waals surface area (Å²) in [5.74, 6) is -0.322. The monoisotopic (exact) mass is 277 g/mol. The van der Waals surface area contributed by atoms with Gasteiger partial charge in [0.25, 0.3) is 0 Å². The van der Waals surface area contributed by atoms with Crippen LogP contribution in [0.5, 0.6) is 5.75 Å². The summed E-state index contributed by atoms with van der Waals surface area (Å²) in [5, 5.41) is 0. The molecule has 1 aromatic carbocycles. The maximum atomic E-state index is 14.0. The molecule has 2 saturated heterocycles. The van der Waals surface area contributed by atoms with Crippen LogP contribution in [0.3, 0.4) is 0 Å². The number of benzene rings is 1. The zero-order valence-corrected chi connectivity index (χ0v) is 11.7. The summed E-state index contributed by atoms with van der Waals surface area (Å²) in [6.45, 7) is 3.27. The largest absolute Gasteiger partial charge is 0.487 e. The Morgan fingerprint density at radius 2 is 2.05 bits per heavy atom. The molecule has 0 radical (unpaired) electrons. The van der Waals surface area contributed by atoms with Crippen LogP contribution in [-0.4, -0.2) is 35.9 Å². The third-order valence-corrected chi connectivity index (χ3v) is 4.62. The molecular formula is C16H20FNO2. The minimum Gasteiger partial charge on any atom is -0.487 e. The van der Waals surface area contributed by atoms with E-state index in [-0.39, 0.29) is 17.4 Å². The van der Waals surface area contributed by atoms with E-state index in [2.05, 4.69) is 11.8 Å². The van der Waals surface area contributed by atoms with Gasteiger partial charge in [0.2, 0.25) is 0 Å². The minimum atomic E-state index is -0.534. The first-order valence-corrected chi connectivity index (χ1v) is 7.39. The Kier molecular flexibility index (Phi) is 3.74. The lowest BCUT2D eigenvalue weighted by molar-refractivity contribution is 0.0507. The molecule has 0 N–H and O–H groups in total. The molecule has 0 spiro atoms. The molecule has 1 aromatic rings. The van der Waals surface area contributed by atoms with Crippen molar-refractivity contribution in [2.24, 2.45) is 0 Å². The van der Waals surface area contributed by atoms with E-state index in [1.54, 1.807) is 12.1 Å².